The number of nitrogens with one attached hydrogen (secondary N) is 1. The molecule has 0 saturated carbocycles. The van der Waals surface area contributed by atoms with Crippen LogP contribution in [0, 0.1) is 5.82 Å². The van der Waals surface area contributed by atoms with Crippen LogP contribution < -0.4 is 10.5 Å². The van der Waals surface area contributed by atoms with Gasteiger partial charge >= 0.3 is 0 Å². The molecule has 23 heavy (non-hydrogen) atoms. The van der Waals surface area contributed by atoms with Crippen LogP contribution in [-0.4, -0.2) is 44.4 Å². The maximum absolute atomic E-state index is 14.2. The molecule has 0 bridgehead atoms. The molecule has 0 unspecified atom stereocenters. The first-order valence-electron chi connectivity index (χ1n) is 7.47. The van der Waals surface area contributed by atoms with Crippen molar-refractivity contribution >= 4 is 15.9 Å². The van der Waals surface area contributed by atoms with Crippen molar-refractivity contribution in [3.8, 4) is 0 Å². The number of benzene rings is 1. The molecule has 1 aliphatic heterocycles. The molecule has 1 aromatic carbocycles. The number of carbonyl (C=O) groups excluding carboxylic acids is 1. The minimum atomic E-state index is -3.87. The number of amides is 1. The molecule has 128 valence electrons. The van der Waals surface area contributed by atoms with Crippen molar-refractivity contribution < 1.29 is 17.6 Å². The van der Waals surface area contributed by atoms with Crippen LogP contribution in [0.5, 0.6) is 0 Å². The summed E-state index contributed by atoms with van der Waals surface area (Å²) in [4.78, 5) is 13.5. The fourth-order valence-corrected chi connectivity index (χ4v) is 3.53. The minimum absolute atomic E-state index is 0.0193. The van der Waals surface area contributed by atoms with Crippen LogP contribution in [0.1, 0.15) is 37.0 Å². The van der Waals surface area contributed by atoms with E-state index in [0.29, 0.717) is 13.1 Å². The van der Waals surface area contributed by atoms with E-state index in [1.807, 2.05) is 0 Å². The molecule has 3 N–H and O–H groups in total. The van der Waals surface area contributed by atoms with Crippen LogP contribution in [0.25, 0.3) is 0 Å². The molecular formula is C15H22FN3O3S. The standard InChI is InChI=1S/C15H22FN3O3S/c1-15(2,17)10-18-23(21,22)11-5-6-12(13(16)9-11)14(20)19-7-3-4-8-19/h5-6,9,18H,3-4,7-8,10,17H2,1-2H3. The molecule has 0 radical (unpaired) electrons. The van der Waals surface area contributed by atoms with Gasteiger partial charge in [0.05, 0.1) is 10.5 Å². The number of nitrogens with zero attached hydrogens (tertiary/aromatic N) is 1. The lowest BCUT2D eigenvalue weighted by Crippen LogP contribution is -2.45. The third-order valence-corrected chi connectivity index (χ3v) is 4.99. The number of nitrogens with two attached hydrogens (primary N) is 1. The quantitative estimate of drug-likeness (QED) is 0.837. The average Bonchev–Trinajstić information content (AvgIpc) is 2.98. The molecule has 0 aromatic heterocycles. The maximum Gasteiger partial charge on any atom is 0.256 e. The molecule has 1 aromatic rings. The fraction of sp³-hybridized carbons (Fsp3) is 0.533. The van der Waals surface area contributed by atoms with Gasteiger partial charge in [-0.15, -0.1) is 0 Å². The SMILES string of the molecule is CC(C)(N)CNS(=O)(=O)c1ccc(C(=O)N2CCCC2)c(F)c1. The summed E-state index contributed by atoms with van der Waals surface area (Å²) in [6.07, 6.45) is 1.80. The Morgan fingerprint density at radius 2 is 1.96 bits per heavy atom. The van der Waals surface area contributed by atoms with Gasteiger partial charge in [0.2, 0.25) is 10.0 Å². The lowest BCUT2D eigenvalue weighted by atomic mass is 10.1. The first kappa shape index (κ1) is 17.8. The molecular weight excluding hydrogens is 321 g/mol. The minimum Gasteiger partial charge on any atom is -0.339 e. The molecule has 0 spiro atoms. The summed E-state index contributed by atoms with van der Waals surface area (Å²) in [5.41, 5.74) is 4.90. The summed E-state index contributed by atoms with van der Waals surface area (Å²) in [7, 11) is -3.87. The van der Waals surface area contributed by atoms with E-state index in [2.05, 4.69) is 4.72 Å². The average molecular weight is 343 g/mol. The predicted molar refractivity (Wildman–Crippen MR) is 85.0 cm³/mol. The third kappa shape index (κ3) is 4.49. The zero-order valence-corrected chi connectivity index (χ0v) is 14.1. The second-order valence-corrected chi connectivity index (χ2v) is 8.22. The molecule has 6 nitrogen and oxygen atoms in total. The molecule has 1 fully saturated rings. The first-order chi connectivity index (χ1) is 10.6. The van der Waals surface area contributed by atoms with Crippen molar-refractivity contribution in [2.24, 2.45) is 5.73 Å². The van der Waals surface area contributed by atoms with Gasteiger partial charge in [0.1, 0.15) is 5.82 Å². The van der Waals surface area contributed by atoms with Gasteiger partial charge in [-0.3, -0.25) is 4.79 Å². The van der Waals surface area contributed by atoms with E-state index in [1.54, 1.807) is 18.7 Å². The van der Waals surface area contributed by atoms with Crippen molar-refractivity contribution in [3.63, 3.8) is 0 Å². The summed E-state index contributed by atoms with van der Waals surface area (Å²) in [5, 5.41) is 0. The molecule has 1 amide bonds. The fourth-order valence-electron chi connectivity index (χ4n) is 2.29. The molecule has 2 rings (SSSR count). The molecule has 1 aliphatic rings. The Labute approximate surface area is 135 Å². The second kappa shape index (κ2) is 6.54. The zero-order valence-electron chi connectivity index (χ0n) is 13.3. The summed E-state index contributed by atoms with van der Waals surface area (Å²) < 4.78 is 40.8. The largest absolute Gasteiger partial charge is 0.339 e. The first-order valence-corrected chi connectivity index (χ1v) is 8.96. The van der Waals surface area contributed by atoms with Gasteiger partial charge in [-0.25, -0.2) is 17.5 Å². The van der Waals surface area contributed by atoms with E-state index >= 15 is 0 Å². The van der Waals surface area contributed by atoms with Crippen molar-refractivity contribution in [2.45, 2.75) is 37.1 Å². The molecule has 0 aliphatic carbocycles. The van der Waals surface area contributed by atoms with Crippen molar-refractivity contribution in [1.82, 2.24) is 9.62 Å². The Hall–Kier alpha value is -1.51. The van der Waals surface area contributed by atoms with Gasteiger partial charge in [-0.1, -0.05) is 0 Å². The van der Waals surface area contributed by atoms with Gasteiger partial charge in [0, 0.05) is 25.2 Å². The number of rotatable bonds is 5. The third-order valence-electron chi connectivity index (χ3n) is 3.59. The summed E-state index contributed by atoms with van der Waals surface area (Å²) in [6, 6.07) is 3.32. The van der Waals surface area contributed by atoms with Crippen LogP contribution in [0.2, 0.25) is 0 Å². The zero-order chi connectivity index (χ0) is 17.3. The highest BCUT2D eigenvalue weighted by Gasteiger charge is 2.25. The predicted octanol–water partition coefficient (Wildman–Crippen LogP) is 1.08. The molecule has 1 heterocycles. The van der Waals surface area contributed by atoms with E-state index < -0.39 is 27.3 Å². The van der Waals surface area contributed by atoms with Crippen molar-refractivity contribution in [2.75, 3.05) is 19.6 Å². The maximum atomic E-state index is 14.2. The Balaban J connectivity index is 2.19. The highest BCUT2D eigenvalue weighted by Crippen LogP contribution is 2.19. The van der Waals surface area contributed by atoms with Gasteiger partial charge in [0.25, 0.3) is 5.91 Å². The van der Waals surface area contributed by atoms with Crippen LogP contribution in [0.15, 0.2) is 23.1 Å². The molecule has 8 heteroatoms. The molecule has 1 saturated heterocycles. The number of hydrogen-bond donors (Lipinski definition) is 2. The lowest BCUT2D eigenvalue weighted by Gasteiger charge is -2.19. The van der Waals surface area contributed by atoms with E-state index in [-0.39, 0.29) is 17.0 Å². The van der Waals surface area contributed by atoms with Gasteiger partial charge in [-0.2, -0.15) is 0 Å². The Morgan fingerprint density at radius 1 is 1.35 bits per heavy atom. The summed E-state index contributed by atoms with van der Waals surface area (Å²) in [6.45, 7) is 4.57. The van der Waals surface area contributed by atoms with E-state index in [4.69, 9.17) is 5.73 Å². The van der Waals surface area contributed by atoms with Crippen molar-refractivity contribution in [3.05, 3.63) is 29.6 Å². The second-order valence-electron chi connectivity index (χ2n) is 6.45. The highest BCUT2D eigenvalue weighted by molar-refractivity contribution is 7.89. The number of sulfonamides is 1. The number of carbonyl (C=O) groups is 1. The Morgan fingerprint density at radius 3 is 2.48 bits per heavy atom. The highest BCUT2D eigenvalue weighted by atomic mass is 32.2. The van der Waals surface area contributed by atoms with E-state index in [0.717, 1.165) is 18.9 Å². The number of likely N-dealkylation sites (tertiary alicyclic amines) is 1. The Kier molecular flexibility index (Phi) is 5.07. The van der Waals surface area contributed by atoms with Gasteiger partial charge < -0.3 is 10.6 Å². The Bertz CT molecular complexity index is 692. The van der Waals surface area contributed by atoms with Gasteiger partial charge in [0.15, 0.2) is 0 Å². The van der Waals surface area contributed by atoms with Gasteiger partial charge in [-0.05, 0) is 44.9 Å². The van der Waals surface area contributed by atoms with Crippen LogP contribution in [-0.2, 0) is 10.0 Å². The van der Waals surface area contributed by atoms with E-state index in [9.17, 15) is 17.6 Å². The monoisotopic (exact) mass is 343 g/mol. The number of halogens is 1. The van der Waals surface area contributed by atoms with Crippen molar-refractivity contribution in [1.29, 1.82) is 0 Å². The summed E-state index contributed by atoms with van der Waals surface area (Å²) in [5.74, 6) is -1.24. The summed E-state index contributed by atoms with van der Waals surface area (Å²) >= 11 is 0. The topological polar surface area (TPSA) is 92.5 Å². The normalized spacial score (nSPS) is 15.9. The van der Waals surface area contributed by atoms with E-state index in [1.165, 1.54) is 12.1 Å². The van der Waals surface area contributed by atoms with Crippen LogP contribution in [0.4, 0.5) is 4.39 Å². The van der Waals surface area contributed by atoms with Crippen LogP contribution in [0.3, 0.4) is 0 Å². The lowest BCUT2D eigenvalue weighted by molar-refractivity contribution is 0.0788. The smallest absolute Gasteiger partial charge is 0.256 e. The van der Waals surface area contributed by atoms with Crippen LogP contribution >= 0.6 is 0 Å². The molecule has 0 atom stereocenters. The number of hydrogen-bond acceptors (Lipinski definition) is 4.